The van der Waals surface area contributed by atoms with Crippen LogP contribution in [-0.2, 0) is 6.42 Å². The first-order valence-electron chi connectivity index (χ1n) is 3.80. The lowest BCUT2D eigenvalue weighted by atomic mass is 10.1. The normalized spacial score (nSPS) is 10.2. The van der Waals surface area contributed by atoms with Crippen LogP contribution < -0.4 is 0 Å². The molecule has 0 aliphatic rings. The third kappa shape index (κ3) is 1.40. The fourth-order valence-electron chi connectivity index (χ4n) is 1.24. The molecule has 1 aromatic carbocycles. The van der Waals surface area contributed by atoms with Crippen LogP contribution in [0.5, 0.6) is 0 Å². The van der Waals surface area contributed by atoms with Gasteiger partial charge in [0.2, 0.25) is 0 Å². The molecule has 1 aromatic heterocycles. The van der Waals surface area contributed by atoms with E-state index in [1.807, 2.05) is 12.1 Å². The number of hydrogen-bond acceptors (Lipinski definition) is 2. The van der Waals surface area contributed by atoms with Crippen molar-refractivity contribution in [3.8, 4) is 6.07 Å². The van der Waals surface area contributed by atoms with E-state index in [-0.39, 0.29) is 0 Å². The molecule has 0 saturated carbocycles. The summed E-state index contributed by atoms with van der Waals surface area (Å²) in [5.74, 6) is 0. The number of aromatic amines is 1. The Balaban J connectivity index is 2.67. The number of nitriles is 1. The average molecular weight is 283 g/mol. The molecule has 0 aliphatic heterocycles. The molecule has 3 nitrogen and oxygen atoms in total. The first-order chi connectivity index (χ1) is 6.33. The Morgan fingerprint density at radius 1 is 1.54 bits per heavy atom. The highest BCUT2D eigenvalue weighted by Gasteiger charge is 2.05. The minimum atomic E-state index is 0.446. The number of fused-ring (bicyclic) bond motifs is 1. The number of nitrogens with zero attached hydrogens (tertiary/aromatic N) is 2. The summed E-state index contributed by atoms with van der Waals surface area (Å²) >= 11 is 2.23. The second kappa shape index (κ2) is 3.34. The van der Waals surface area contributed by atoms with Crippen LogP contribution in [0.3, 0.4) is 0 Å². The van der Waals surface area contributed by atoms with Crippen molar-refractivity contribution in [2.45, 2.75) is 6.42 Å². The number of hydrogen-bond donors (Lipinski definition) is 1. The third-order valence-corrected chi connectivity index (χ3v) is 3.08. The minimum absolute atomic E-state index is 0.446. The average Bonchev–Trinajstić information content (AvgIpc) is 2.58. The van der Waals surface area contributed by atoms with Gasteiger partial charge in [-0.25, -0.2) is 4.98 Å². The molecule has 13 heavy (non-hydrogen) atoms. The smallest absolute Gasteiger partial charge is 0.102 e. The van der Waals surface area contributed by atoms with Crippen molar-refractivity contribution in [2.24, 2.45) is 0 Å². The summed E-state index contributed by atoms with van der Waals surface area (Å²) in [5.41, 5.74) is 3.02. The lowest BCUT2D eigenvalue weighted by Gasteiger charge is -1.99. The van der Waals surface area contributed by atoms with E-state index in [1.54, 1.807) is 6.33 Å². The maximum absolute atomic E-state index is 8.59. The van der Waals surface area contributed by atoms with E-state index in [0.717, 1.165) is 20.2 Å². The summed E-state index contributed by atoms with van der Waals surface area (Å²) in [7, 11) is 0. The van der Waals surface area contributed by atoms with Crippen molar-refractivity contribution in [1.82, 2.24) is 9.97 Å². The number of aromatic nitrogens is 2. The standard InChI is InChI=1S/C9H6IN3/c10-8-6(3-4-11)1-2-7-9(8)13-5-12-7/h1-2,5H,3H2,(H,12,13). The number of benzene rings is 1. The van der Waals surface area contributed by atoms with E-state index in [0.29, 0.717) is 6.42 Å². The van der Waals surface area contributed by atoms with Crippen molar-refractivity contribution in [1.29, 1.82) is 5.26 Å². The fraction of sp³-hybridized carbons (Fsp3) is 0.111. The molecular weight excluding hydrogens is 277 g/mol. The molecule has 1 heterocycles. The third-order valence-electron chi connectivity index (χ3n) is 1.88. The first kappa shape index (κ1) is 8.51. The van der Waals surface area contributed by atoms with Crippen molar-refractivity contribution in [2.75, 3.05) is 0 Å². The first-order valence-corrected chi connectivity index (χ1v) is 4.88. The quantitative estimate of drug-likeness (QED) is 0.816. The van der Waals surface area contributed by atoms with Crippen molar-refractivity contribution < 1.29 is 0 Å². The lowest BCUT2D eigenvalue weighted by molar-refractivity contribution is 1.25. The Labute approximate surface area is 88.9 Å². The van der Waals surface area contributed by atoms with Gasteiger partial charge in [-0.05, 0) is 34.2 Å². The van der Waals surface area contributed by atoms with Gasteiger partial charge in [0.15, 0.2) is 0 Å². The van der Waals surface area contributed by atoms with Gasteiger partial charge in [0.25, 0.3) is 0 Å². The minimum Gasteiger partial charge on any atom is -0.345 e. The number of imidazole rings is 1. The molecule has 0 atom stereocenters. The molecule has 0 saturated heterocycles. The molecule has 2 aromatic rings. The molecule has 0 aliphatic carbocycles. The second-order valence-corrected chi connectivity index (χ2v) is 3.75. The van der Waals surface area contributed by atoms with E-state index in [4.69, 9.17) is 5.26 Å². The largest absolute Gasteiger partial charge is 0.345 e. The highest BCUT2D eigenvalue weighted by molar-refractivity contribution is 14.1. The molecule has 0 bridgehead atoms. The molecular formula is C9H6IN3. The zero-order valence-corrected chi connectivity index (χ0v) is 8.87. The van der Waals surface area contributed by atoms with Crippen LogP contribution in [-0.4, -0.2) is 9.97 Å². The second-order valence-electron chi connectivity index (χ2n) is 2.67. The summed E-state index contributed by atoms with van der Waals surface area (Å²) < 4.78 is 1.07. The Bertz CT molecular complexity index is 481. The summed E-state index contributed by atoms with van der Waals surface area (Å²) in [6.45, 7) is 0. The van der Waals surface area contributed by atoms with Gasteiger partial charge in [-0.3, -0.25) is 0 Å². The number of rotatable bonds is 1. The topological polar surface area (TPSA) is 52.5 Å². The number of nitrogens with one attached hydrogen (secondary N) is 1. The van der Waals surface area contributed by atoms with E-state index in [2.05, 4.69) is 38.6 Å². The maximum Gasteiger partial charge on any atom is 0.102 e. The van der Waals surface area contributed by atoms with Crippen molar-refractivity contribution in [3.63, 3.8) is 0 Å². The molecule has 2 rings (SSSR count). The lowest BCUT2D eigenvalue weighted by Crippen LogP contribution is -1.88. The molecule has 1 N–H and O–H groups in total. The highest BCUT2D eigenvalue weighted by Crippen LogP contribution is 2.21. The zero-order valence-electron chi connectivity index (χ0n) is 6.71. The SMILES string of the molecule is N#CCc1ccc2[nH]cnc2c1I. The van der Waals surface area contributed by atoms with E-state index in [1.165, 1.54) is 0 Å². The van der Waals surface area contributed by atoms with E-state index < -0.39 is 0 Å². The summed E-state index contributed by atoms with van der Waals surface area (Å²) in [6.07, 6.45) is 2.12. The van der Waals surface area contributed by atoms with Gasteiger partial charge in [-0.2, -0.15) is 5.26 Å². The predicted octanol–water partition coefficient (Wildman–Crippen LogP) is 2.23. The molecule has 0 spiro atoms. The van der Waals surface area contributed by atoms with Gasteiger partial charge in [-0.1, -0.05) is 6.07 Å². The maximum atomic E-state index is 8.59. The van der Waals surface area contributed by atoms with Gasteiger partial charge in [0.1, 0.15) is 5.52 Å². The van der Waals surface area contributed by atoms with Crippen LogP contribution in [0.25, 0.3) is 11.0 Å². The summed E-state index contributed by atoms with van der Waals surface area (Å²) in [5, 5.41) is 8.59. The van der Waals surface area contributed by atoms with Gasteiger partial charge < -0.3 is 4.98 Å². The predicted molar refractivity (Wildman–Crippen MR) is 58.1 cm³/mol. The highest BCUT2D eigenvalue weighted by atomic mass is 127. The molecule has 0 unspecified atom stereocenters. The van der Waals surface area contributed by atoms with E-state index in [9.17, 15) is 0 Å². The van der Waals surface area contributed by atoms with Gasteiger partial charge in [0.05, 0.1) is 24.3 Å². The molecule has 64 valence electrons. The molecule has 4 heteroatoms. The van der Waals surface area contributed by atoms with Crippen LogP contribution in [0.4, 0.5) is 0 Å². The summed E-state index contributed by atoms with van der Waals surface area (Å²) in [6, 6.07) is 6.06. The van der Waals surface area contributed by atoms with Crippen LogP contribution >= 0.6 is 22.6 Å². The van der Waals surface area contributed by atoms with Crippen molar-refractivity contribution >= 4 is 33.6 Å². The molecule has 0 amide bonds. The Kier molecular flexibility index (Phi) is 2.19. The Hall–Kier alpha value is -1.09. The summed E-state index contributed by atoms with van der Waals surface area (Å²) in [4.78, 5) is 7.22. The Morgan fingerprint density at radius 3 is 3.15 bits per heavy atom. The number of H-pyrrole nitrogens is 1. The van der Waals surface area contributed by atoms with E-state index >= 15 is 0 Å². The number of halogens is 1. The van der Waals surface area contributed by atoms with Crippen LogP contribution in [0.15, 0.2) is 18.5 Å². The Morgan fingerprint density at radius 2 is 2.38 bits per heavy atom. The van der Waals surface area contributed by atoms with Crippen LogP contribution in [0.2, 0.25) is 0 Å². The monoisotopic (exact) mass is 283 g/mol. The van der Waals surface area contributed by atoms with Gasteiger partial charge >= 0.3 is 0 Å². The van der Waals surface area contributed by atoms with Gasteiger partial charge in [-0.15, -0.1) is 0 Å². The van der Waals surface area contributed by atoms with Crippen molar-refractivity contribution in [3.05, 3.63) is 27.6 Å². The van der Waals surface area contributed by atoms with Gasteiger partial charge in [0, 0.05) is 3.57 Å². The van der Waals surface area contributed by atoms with Crippen LogP contribution in [0, 0.1) is 14.9 Å². The zero-order chi connectivity index (χ0) is 9.26. The molecule has 0 radical (unpaired) electrons. The van der Waals surface area contributed by atoms with Crippen LogP contribution in [0.1, 0.15) is 5.56 Å². The fourth-order valence-corrected chi connectivity index (χ4v) is 2.04. The molecule has 0 fully saturated rings.